The maximum atomic E-state index is 13.6. The lowest BCUT2D eigenvalue weighted by Crippen LogP contribution is -2.47. The zero-order valence-corrected chi connectivity index (χ0v) is 11.8. The van der Waals surface area contributed by atoms with Crippen LogP contribution in [0.1, 0.15) is 19.4 Å². The van der Waals surface area contributed by atoms with Crippen LogP contribution in [0.25, 0.3) is 0 Å². The monoisotopic (exact) mass is 268 g/mol. The van der Waals surface area contributed by atoms with Crippen LogP contribution in [0.5, 0.6) is 5.75 Å². The van der Waals surface area contributed by atoms with Crippen LogP contribution in [0.2, 0.25) is 0 Å². The average Bonchev–Trinajstić information content (AvgIpc) is 2.27. The molecule has 0 aliphatic rings. The fourth-order valence-electron chi connectivity index (χ4n) is 1.96. The summed E-state index contributed by atoms with van der Waals surface area (Å²) in [5.41, 5.74) is 0.377. The Kier molecular flexibility index (Phi) is 5.30. The molecular formula is C14H21FN2O2. The highest BCUT2D eigenvalue weighted by Crippen LogP contribution is 2.20. The van der Waals surface area contributed by atoms with Crippen molar-refractivity contribution in [3.63, 3.8) is 0 Å². The number of ether oxygens (including phenoxy) is 1. The highest BCUT2D eigenvalue weighted by Gasteiger charge is 2.21. The summed E-state index contributed by atoms with van der Waals surface area (Å²) in [5.74, 6) is -0.250. The first kappa shape index (κ1) is 15.4. The summed E-state index contributed by atoms with van der Waals surface area (Å²) in [5, 5.41) is 5.69. The molecule has 0 aromatic heterocycles. The first-order chi connectivity index (χ1) is 8.88. The van der Waals surface area contributed by atoms with Crippen LogP contribution in [-0.4, -0.2) is 32.1 Å². The summed E-state index contributed by atoms with van der Waals surface area (Å²) in [6.07, 6.45) is 0.545. The molecule has 5 heteroatoms. The van der Waals surface area contributed by atoms with Crippen LogP contribution in [-0.2, 0) is 11.2 Å². The van der Waals surface area contributed by atoms with E-state index in [1.807, 2.05) is 13.8 Å². The summed E-state index contributed by atoms with van der Waals surface area (Å²) >= 11 is 0. The van der Waals surface area contributed by atoms with Crippen LogP contribution in [0.15, 0.2) is 18.2 Å². The first-order valence-electron chi connectivity index (χ1n) is 6.16. The van der Waals surface area contributed by atoms with Gasteiger partial charge >= 0.3 is 0 Å². The van der Waals surface area contributed by atoms with Gasteiger partial charge in [0.1, 0.15) is 0 Å². The molecule has 0 spiro atoms. The van der Waals surface area contributed by atoms with Gasteiger partial charge in [-0.1, -0.05) is 6.07 Å². The lowest BCUT2D eigenvalue weighted by atomic mass is 9.94. The van der Waals surface area contributed by atoms with Crippen molar-refractivity contribution in [2.45, 2.75) is 25.8 Å². The Hall–Kier alpha value is -1.62. The first-order valence-corrected chi connectivity index (χ1v) is 6.16. The second kappa shape index (κ2) is 6.52. The highest BCUT2D eigenvalue weighted by atomic mass is 19.1. The van der Waals surface area contributed by atoms with Crippen LogP contribution in [0.3, 0.4) is 0 Å². The maximum absolute atomic E-state index is 13.6. The largest absolute Gasteiger partial charge is 0.494 e. The zero-order valence-electron chi connectivity index (χ0n) is 11.8. The number of amides is 1. The summed E-state index contributed by atoms with van der Waals surface area (Å²) in [6, 6.07) is 4.83. The van der Waals surface area contributed by atoms with E-state index in [2.05, 4.69) is 10.6 Å². The molecule has 1 rings (SSSR count). The van der Waals surface area contributed by atoms with Crippen molar-refractivity contribution in [3.8, 4) is 5.75 Å². The lowest BCUT2D eigenvalue weighted by molar-refractivity contribution is -0.121. The molecule has 0 bridgehead atoms. The van der Waals surface area contributed by atoms with Crippen molar-refractivity contribution in [3.05, 3.63) is 29.6 Å². The van der Waals surface area contributed by atoms with E-state index in [-0.39, 0.29) is 18.2 Å². The summed E-state index contributed by atoms with van der Waals surface area (Å²) in [4.78, 5) is 11.5. The van der Waals surface area contributed by atoms with Gasteiger partial charge in [-0.15, -0.1) is 0 Å². The molecule has 0 fully saturated rings. The quantitative estimate of drug-likeness (QED) is 0.822. The lowest BCUT2D eigenvalue weighted by Gasteiger charge is -2.26. The van der Waals surface area contributed by atoms with Gasteiger partial charge in [-0.05, 0) is 45.0 Å². The highest BCUT2D eigenvalue weighted by molar-refractivity contribution is 5.78. The molecule has 0 aliphatic heterocycles. The van der Waals surface area contributed by atoms with Crippen LogP contribution < -0.4 is 15.4 Å². The fraction of sp³-hybridized carbons (Fsp3) is 0.500. The molecule has 1 aromatic carbocycles. The average molecular weight is 268 g/mol. The van der Waals surface area contributed by atoms with E-state index < -0.39 is 11.4 Å². The Balaban J connectivity index is 2.72. The molecule has 1 amide bonds. The van der Waals surface area contributed by atoms with Gasteiger partial charge < -0.3 is 15.4 Å². The van der Waals surface area contributed by atoms with Crippen molar-refractivity contribution >= 4 is 5.91 Å². The van der Waals surface area contributed by atoms with Gasteiger partial charge in [0.15, 0.2) is 11.6 Å². The SMILES string of the molecule is CNCC(=O)NC(C)(C)Cc1ccc(OC)c(F)c1. The van der Waals surface area contributed by atoms with E-state index in [4.69, 9.17) is 4.74 Å². The molecule has 0 saturated carbocycles. The van der Waals surface area contributed by atoms with E-state index in [0.29, 0.717) is 6.42 Å². The minimum absolute atomic E-state index is 0.0820. The zero-order chi connectivity index (χ0) is 14.5. The Morgan fingerprint density at radius 3 is 2.63 bits per heavy atom. The molecule has 0 atom stereocenters. The van der Waals surface area contributed by atoms with E-state index in [1.54, 1.807) is 19.2 Å². The Labute approximate surface area is 113 Å². The third-order valence-corrected chi connectivity index (χ3v) is 2.68. The van der Waals surface area contributed by atoms with Crippen molar-refractivity contribution < 1.29 is 13.9 Å². The minimum Gasteiger partial charge on any atom is -0.494 e. The van der Waals surface area contributed by atoms with Crippen molar-refractivity contribution in [2.75, 3.05) is 20.7 Å². The third-order valence-electron chi connectivity index (χ3n) is 2.68. The molecular weight excluding hydrogens is 247 g/mol. The Morgan fingerprint density at radius 2 is 2.11 bits per heavy atom. The van der Waals surface area contributed by atoms with Crippen molar-refractivity contribution in [1.29, 1.82) is 0 Å². The Morgan fingerprint density at radius 1 is 1.42 bits per heavy atom. The smallest absolute Gasteiger partial charge is 0.234 e. The molecule has 0 saturated heterocycles. The normalized spacial score (nSPS) is 11.2. The van der Waals surface area contributed by atoms with Gasteiger partial charge in [0.2, 0.25) is 5.91 Å². The topological polar surface area (TPSA) is 50.4 Å². The van der Waals surface area contributed by atoms with Crippen molar-refractivity contribution in [1.82, 2.24) is 10.6 Å². The number of hydrogen-bond donors (Lipinski definition) is 2. The summed E-state index contributed by atoms with van der Waals surface area (Å²) in [6.45, 7) is 4.08. The van der Waals surface area contributed by atoms with Crippen LogP contribution in [0, 0.1) is 5.82 Å². The molecule has 0 unspecified atom stereocenters. The number of hydrogen-bond acceptors (Lipinski definition) is 3. The van der Waals surface area contributed by atoms with Gasteiger partial charge in [0, 0.05) is 5.54 Å². The Bertz CT molecular complexity index is 447. The molecule has 19 heavy (non-hydrogen) atoms. The van der Waals surface area contributed by atoms with Crippen molar-refractivity contribution in [2.24, 2.45) is 0 Å². The van der Waals surface area contributed by atoms with Gasteiger partial charge in [-0.2, -0.15) is 0 Å². The number of likely N-dealkylation sites (N-methyl/N-ethyl adjacent to an activating group) is 1. The summed E-state index contributed by atoms with van der Waals surface area (Å²) in [7, 11) is 3.14. The van der Waals surface area contributed by atoms with E-state index in [0.717, 1.165) is 5.56 Å². The van der Waals surface area contributed by atoms with E-state index >= 15 is 0 Å². The number of rotatable bonds is 6. The molecule has 2 N–H and O–H groups in total. The number of benzene rings is 1. The van der Waals surface area contributed by atoms with E-state index in [9.17, 15) is 9.18 Å². The predicted molar refractivity (Wildman–Crippen MR) is 72.8 cm³/mol. The number of nitrogens with one attached hydrogen (secondary N) is 2. The molecule has 1 aromatic rings. The number of halogens is 1. The minimum atomic E-state index is -0.436. The second-order valence-electron chi connectivity index (χ2n) is 5.11. The molecule has 0 heterocycles. The standard InChI is InChI=1S/C14H21FN2O2/c1-14(2,17-13(18)9-16-3)8-10-5-6-12(19-4)11(15)7-10/h5-7,16H,8-9H2,1-4H3,(H,17,18). The van der Waals surface area contributed by atoms with Gasteiger partial charge in [-0.25, -0.2) is 4.39 Å². The number of carbonyl (C=O) groups excluding carboxylic acids is 1. The molecule has 0 aliphatic carbocycles. The molecule has 106 valence electrons. The van der Waals surface area contributed by atoms with E-state index in [1.165, 1.54) is 13.2 Å². The van der Waals surface area contributed by atoms with Crippen LogP contribution >= 0.6 is 0 Å². The maximum Gasteiger partial charge on any atom is 0.234 e. The fourth-order valence-corrected chi connectivity index (χ4v) is 1.96. The second-order valence-corrected chi connectivity index (χ2v) is 5.11. The van der Waals surface area contributed by atoms with Gasteiger partial charge in [0.25, 0.3) is 0 Å². The van der Waals surface area contributed by atoms with Gasteiger partial charge in [-0.3, -0.25) is 4.79 Å². The van der Waals surface area contributed by atoms with Gasteiger partial charge in [0.05, 0.1) is 13.7 Å². The molecule has 0 radical (unpaired) electrons. The number of carbonyl (C=O) groups is 1. The molecule has 4 nitrogen and oxygen atoms in total. The predicted octanol–water partition coefficient (Wildman–Crippen LogP) is 1.49. The van der Waals surface area contributed by atoms with Crippen LogP contribution in [0.4, 0.5) is 4.39 Å². The number of methoxy groups -OCH3 is 1. The third kappa shape index (κ3) is 4.87. The summed E-state index contributed by atoms with van der Waals surface area (Å²) < 4.78 is 18.5.